The maximum atomic E-state index is 13.4. The number of hydrogen-bond acceptors (Lipinski definition) is 6. The molecule has 0 saturated carbocycles. The number of rotatable bonds is 7. The fourth-order valence-corrected chi connectivity index (χ4v) is 4.97. The molecule has 33 heavy (non-hydrogen) atoms. The molecular weight excluding hydrogens is 440 g/mol. The molecule has 0 radical (unpaired) electrons. The van der Waals surface area contributed by atoms with Crippen LogP contribution in [0.15, 0.2) is 64.1 Å². The Kier molecular flexibility index (Phi) is 5.47. The number of hydrogen-bond donors (Lipinski definition) is 1. The summed E-state index contributed by atoms with van der Waals surface area (Å²) in [6.45, 7) is 2.62. The largest absolute Gasteiger partial charge is 0.497 e. The molecule has 4 aromatic heterocycles. The average Bonchev–Trinajstić information content (AvgIpc) is 3.52. The summed E-state index contributed by atoms with van der Waals surface area (Å²) in [6.07, 6.45) is 3.22. The number of nitrogens with zero attached hydrogens (tertiary/aromatic N) is 3. The molecule has 0 fully saturated rings. The van der Waals surface area contributed by atoms with Crippen LogP contribution in [0.2, 0.25) is 0 Å². The first-order valence-electron chi connectivity index (χ1n) is 10.4. The molecule has 0 saturated heterocycles. The average molecular weight is 463 g/mol. The molecule has 4 heterocycles. The van der Waals surface area contributed by atoms with Crippen LogP contribution in [0.3, 0.4) is 0 Å². The molecule has 0 spiro atoms. The minimum absolute atomic E-state index is 0.174. The molecule has 0 aliphatic rings. The minimum Gasteiger partial charge on any atom is -0.497 e. The predicted octanol–water partition coefficient (Wildman–Crippen LogP) is 3.69. The van der Waals surface area contributed by atoms with Crippen molar-refractivity contribution in [3.63, 3.8) is 0 Å². The summed E-state index contributed by atoms with van der Waals surface area (Å²) in [5.74, 6) is 1.08. The minimum atomic E-state index is -0.316. The van der Waals surface area contributed by atoms with Gasteiger partial charge in [0.2, 0.25) is 5.91 Å². The number of amides is 1. The second-order valence-corrected chi connectivity index (χ2v) is 8.99. The molecule has 0 aliphatic carbocycles. The predicted molar refractivity (Wildman–Crippen MR) is 127 cm³/mol. The van der Waals surface area contributed by atoms with Crippen molar-refractivity contribution in [1.82, 2.24) is 19.7 Å². The molecular formula is C24H22N4O4S. The number of carbonyl (C=O) groups is 1. The third-order valence-electron chi connectivity index (χ3n) is 5.47. The highest BCUT2D eigenvalue weighted by molar-refractivity contribution is 7.20. The third kappa shape index (κ3) is 4.03. The topological polar surface area (TPSA) is 91.3 Å². The Morgan fingerprint density at radius 3 is 2.91 bits per heavy atom. The summed E-state index contributed by atoms with van der Waals surface area (Å²) in [4.78, 5) is 27.0. The van der Waals surface area contributed by atoms with E-state index in [-0.39, 0.29) is 24.6 Å². The van der Waals surface area contributed by atoms with Gasteiger partial charge in [0.15, 0.2) is 0 Å². The van der Waals surface area contributed by atoms with E-state index in [4.69, 9.17) is 9.15 Å². The number of thiophene rings is 1. The quantitative estimate of drug-likeness (QED) is 0.398. The van der Waals surface area contributed by atoms with Crippen LogP contribution >= 0.6 is 11.3 Å². The molecule has 0 aliphatic heterocycles. The van der Waals surface area contributed by atoms with Gasteiger partial charge in [-0.1, -0.05) is 12.1 Å². The summed E-state index contributed by atoms with van der Waals surface area (Å²) in [5, 5.41) is 7.84. The van der Waals surface area contributed by atoms with Crippen molar-refractivity contribution in [3.05, 3.63) is 81.5 Å². The number of aromatic nitrogens is 3. The van der Waals surface area contributed by atoms with Crippen LogP contribution in [-0.2, 0) is 24.4 Å². The van der Waals surface area contributed by atoms with E-state index < -0.39 is 0 Å². The van der Waals surface area contributed by atoms with E-state index in [1.807, 2.05) is 35.8 Å². The monoisotopic (exact) mass is 462 g/mol. The Labute approximate surface area is 193 Å². The normalized spacial score (nSPS) is 11.3. The van der Waals surface area contributed by atoms with Crippen LogP contribution in [0.25, 0.3) is 21.1 Å². The third-order valence-corrected chi connectivity index (χ3v) is 6.54. The van der Waals surface area contributed by atoms with Gasteiger partial charge in [-0.2, -0.15) is 5.10 Å². The van der Waals surface area contributed by atoms with Crippen molar-refractivity contribution >= 4 is 38.4 Å². The molecule has 0 bridgehead atoms. The summed E-state index contributed by atoms with van der Waals surface area (Å²) in [5.41, 5.74) is 2.22. The molecule has 0 atom stereocenters. The number of aryl methyl sites for hydroxylation is 1. The summed E-state index contributed by atoms with van der Waals surface area (Å²) < 4.78 is 14.8. The van der Waals surface area contributed by atoms with Gasteiger partial charge < -0.3 is 19.0 Å². The summed E-state index contributed by atoms with van der Waals surface area (Å²) in [7, 11) is 1.63. The van der Waals surface area contributed by atoms with Crippen molar-refractivity contribution in [3.8, 4) is 5.75 Å². The molecule has 8 nitrogen and oxygen atoms in total. The Bertz CT molecular complexity index is 1510. The number of methoxy groups -OCH3 is 1. The lowest BCUT2D eigenvalue weighted by molar-refractivity contribution is -0.122. The van der Waals surface area contributed by atoms with Crippen LogP contribution < -0.4 is 15.6 Å². The van der Waals surface area contributed by atoms with E-state index in [0.717, 1.165) is 31.8 Å². The van der Waals surface area contributed by atoms with Crippen LogP contribution in [0.1, 0.15) is 16.2 Å². The van der Waals surface area contributed by atoms with Gasteiger partial charge >= 0.3 is 0 Å². The van der Waals surface area contributed by atoms with Crippen LogP contribution in [0.4, 0.5) is 0 Å². The summed E-state index contributed by atoms with van der Waals surface area (Å²) >= 11 is 1.63. The van der Waals surface area contributed by atoms with E-state index in [1.54, 1.807) is 43.0 Å². The highest BCUT2D eigenvalue weighted by Crippen LogP contribution is 2.34. The van der Waals surface area contributed by atoms with Crippen molar-refractivity contribution in [1.29, 1.82) is 0 Å². The van der Waals surface area contributed by atoms with Gasteiger partial charge in [-0.15, -0.1) is 11.3 Å². The molecule has 1 N–H and O–H groups in total. The van der Waals surface area contributed by atoms with Crippen molar-refractivity contribution in [2.45, 2.75) is 26.6 Å². The van der Waals surface area contributed by atoms with Crippen LogP contribution in [-0.4, -0.2) is 27.4 Å². The Morgan fingerprint density at radius 2 is 2.12 bits per heavy atom. The van der Waals surface area contributed by atoms with E-state index in [1.165, 1.54) is 4.68 Å². The first-order chi connectivity index (χ1) is 16.0. The van der Waals surface area contributed by atoms with Gasteiger partial charge in [-0.25, -0.2) is 4.68 Å². The van der Waals surface area contributed by atoms with Crippen molar-refractivity contribution < 1.29 is 13.9 Å². The molecule has 5 aromatic rings. The van der Waals surface area contributed by atoms with Crippen molar-refractivity contribution in [2.75, 3.05) is 7.11 Å². The van der Waals surface area contributed by atoms with Gasteiger partial charge in [0.05, 0.1) is 36.3 Å². The lowest BCUT2D eigenvalue weighted by Crippen LogP contribution is -2.33. The number of nitrogens with one attached hydrogen (secondary N) is 1. The van der Waals surface area contributed by atoms with Gasteiger partial charge in [-0.3, -0.25) is 9.59 Å². The summed E-state index contributed by atoms with van der Waals surface area (Å²) in [6, 6.07) is 13.4. The maximum absolute atomic E-state index is 13.4. The van der Waals surface area contributed by atoms with Crippen LogP contribution in [0.5, 0.6) is 5.75 Å². The number of benzene rings is 1. The number of fused-ring (bicyclic) bond motifs is 3. The van der Waals surface area contributed by atoms with E-state index in [0.29, 0.717) is 17.8 Å². The highest BCUT2D eigenvalue weighted by atomic mass is 32.1. The van der Waals surface area contributed by atoms with Crippen LogP contribution in [0, 0.1) is 6.92 Å². The molecule has 0 unspecified atom stereocenters. The second-order valence-electron chi connectivity index (χ2n) is 7.73. The molecule has 5 rings (SSSR count). The number of carbonyl (C=O) groups excluding carboxylic acids is 1. The van der Waals surface area contributed by atoms with E-state index in [9.17, 15) is 9.59 Å². The Morgan fingerprint density at radius 1 is 1.24 bits per heavy atom. The second kappa shape index (κ2) is 8.59. The number of ether oxygens (including phenoxy) is 1. The maximum Gasteiger partial charge on any atom is 0.291 e. The fourth-order valence-electron chi connectivity index (χ4n) is 3.94. The van der Waals surface area contributed by atoms with Crippen molar-refractivity contribution in [2.24, 2.45) is 0 Å². The van der Waals surface area contributed by atoms with E-state index in [2.05, 4.69) is 16.5 Å². The molecule has 1 amide bonds. The zero-order valence-electron chi connectivity index (χ0n) is 18.2. The van der Waals surface area contributed by atoms with Gasteiger partial charge in [0, 0.05) is 16.8 Å². The molecule has 1 aromatic carbocycles. The smallest absolute Gasteiger partial charge is 0.291 e. The Hall–Kier alpha value is -3.85. The zero-order valence-corrected chi connectivity index (χ0v) is 19.0. The standard InChI is InChI=1S/C24H22N4O4S/c1-15-9-20-23(33-15)19-12-26-28(14-21(29)25-11-18-7-4-8-32-18)24(30)22(19)27(20)13-16-5-3-6-17(10-16)31-2/h3-10,12H,11,13-14H2,1-2H3,(H,25,29). The molecule has 168 valence electrons. The number of furan rings is 1. The SMILES string of the molecule is COc1cccc(Cn2c3cc(C)sc3c3cnn(CC(=O)NCc4ccco4)c(=O)c32)c1. The Balaban J connectivity index is 1.53. The molecule has 9 heteroatoms. The highest BCUT2D eigenvalue weighted by Gasteiger charge is 2.19. The van der Waals surface area contributed by atoms with Gasteiger partial charge in [0.25, 0.3) is 5.56 Å². The first-order valence-corrected chi connectivity index (χ1v) is 11.3. The zero-order chi connectivity index (χ0) is 22.9. The van der Waals surface area contributed by atoms with Gasteiger partial charge in [-0.05, 0) is 42.8 Å². The first kappa shape index (κ1) is 21.0. The lowest BCUT2D eigenvalue weighted by atomic mass is 10.2. The fraction of sp³-hybridized carbons (Fsp3) is 0.208. The lowest BCUT2D eigenvalue weighted by Gasteiger charge is -2.10. The van der Waals surface area contributed by atoms with E-state index >= 15 is 0 Å². The van der Waals surface area contributed by atoms with Gasteiger partial charge in [0.1, 0.15) is 23.6 Å².